The van der Waals surface area contributed by atoms with Crippen molar-refractivity contribution < 1.29 is 9.47 Å². The molecule has 0 bridgehead atoms. The van der Waals surface area contributed by atoms with E-state index in [9.17, 15) is 4.79 Å². The lowest BCUT2D eigenvalue weighted by atomic mass is 10.1. The van der Waals surface area contributed by atoms with Crippen molar-refractivity contribution in [2.45, 2.75) is 38.5 Å². The Kier molecular flexibility index (Phi) is 5.22. The molecule has 0 aliphatic carbocycles. The van der Waals surface area contributed by atoms with E-state index in [0.29, 0.717) is 35.3 Å². The van der Waals surface area contributed by atoms with Gasteiger partial charge in [-0.05, 0) is 49.1 Å². The predicted molar refractivity (Wildman–Crippen MR) is 130 cm³/mol. The molecule has 8 nitrogen and oxygen atoms in total. The standard InChI is InChI=1S/C26H25N5O3/c1-33-18-10-8-17(9-11-18)12-13-31-24-22(23-25(31)29-21-7-3-2-6-20(21)28-23)26(32)30(16-27-24)15-19-5-4-14-34-19/h2-3,6-11,16,19H,4-5,12-15H2,1H3/t19-/m0/s1. The minimum absolute atomic E-state index is 0.0484. The van der Waals surface area contributed by atoms with E-state index < -0.39 is 0 Å². The maximum absolute atomic E-state index is 13.6. The molecule has 0 N–H and O–H groups in total. The van der Waals surface area contributed by atoms with Gasteiger partial charge in [0.2, 0.25) is 0 Å². The van der Waals surface area contributed by atoms with Crippen LogP contribution < -0.4 is 10.3 Å². The van der Waals surface area contributed by atoms with Crippen LogP contribution in [0.5, 0.6) is 5.75 Å². The number of hydrogen-bond donors (Lipinski definition) is 0. The number of nitrogens with zero attached hydrogens (tertiary/aromatic N) is 5. The molecule has 5 aromatic rings. The van der Waals surface area contributed by atoms with E-state index in [1.54, 1.807) is 18.0 Å². The summed E-state index contributed by atoms with van der Waals surface area (Å²) >= 11 is 0. The average molecular weight is 456 g/mol. The highest BCUT2D eigenvalue weighted by molar-refractivity contribution is 6.04. The van der Waals surface area contributed by atoms with Crippen LogP contribution in [0.15, 0.2) is 59.7 Å². The van der Waals surface area contributed by atoms with Gasteiger partial charge in [0.1, 0.15) is 16.7 Å². The molecular formula is C26H25N5O3. The van der Waals surface area contributed by atoms with Crippen LogP contribution in [0.1, 0.15) is 18.4 Å². The van der Waals surface area contributed by atoms with Crippen LogP contribution in [-0.4, -0.2) is 43.9 Å². The van der Waals surface area contributed by atoms with Gasteiger partial charge in [-0.25, -0.2) is 15.0 Å². The first-order valence-corrected chi connectivity index (χ1v) is 11.6. The van der Waals surface area contributed by atoms with Gasteiger partial charge in [-0.15, -0.1) is 0 Å². The second-order valence-electron chi connectivity index (χ2n) is 8.67. The number of fused-ring (bicyclic) bond motifs is 4. The van der Waals surface area contributed by atoms with Gasteiger partial charge in [0, 0.05) is 13.2 Å². The Labute approximate surface area is 195 Å². The summed E-state index contributed by atoms with van der Waals surface area (Å²) in [5.41, 5.74) is 4.52. The minimum Gasteiger partial charge on any atom is -0.497 e. The molecule has 0 unspecified atom stereocenters. The highest BCUT2D eigenvalue weighted by Gasteiger charge is 2.22. The number of ether oxygens (including phenoxy) is 2. The Bertz CT molecular complexity index is 1550. The van der Waals surface area contributed by atoms with Crippen LogP contribution in [0.2, 0.25) is 0 Å². The molecule has 0 spiro atoms. The van der Waals surface area contributed by atoms with Gasteiger partial charge in [0.15, 0.2) is 11.3 Å². The third kappa shape index (κ3) is 3.60. The molecule has 0 amide bonds. The molecule has 0 radical (unpaired) electrons. The van der Waals surface area contributed by atoms with E-state index in [1.807, 2.05) is 41.0 Å². The Morgan fingerprint density at radius 3 is 2.59 bits per heavy atom. The normalized spacial score (nSPS) is 16.1. The third-order valence-corrected chi connectivity index (χ3v) is 6.53. The molecule has 6 rings (SSSR count). The maximum Gasteiger partial charge on any atom is 0.265 e. The van der Waals surface area contributed by atoms with E-state index in [2.05, 4.69) is 12.1 Å². The van der Waals surface area contributed by atoms with Gasteiger partial charge in [-0.2, -0.15) is 0 Å². The summed E-state index contributed by atoms with van der Waals surface area (Å²) in [5.74, 6) is 0.825. The van der Waals surface area contributed by atoms with Crippen LogP contribution in [0, 0.1) is 0 Å². The van der Waals surface area contributed by atoms with Gasteiger partial charge in [-0.3, -0.25) is 9.36 Å². The topological polar surface area (TPSA) is 84.1 Å². The number of aryl methyl sites for hydroxylation is 2. The van der Waals surface area contributed by atoms with Gasteiger partial charge in [0.25, 0.3) is 5.56 Å². The molecule has 0 saturated carbocycles. The monoisotopic (exact) mass is 455 g/mol. The summed E-state index contributed by atoms with van der Waals surface area (Å²) in [6.07, 6.45) is 4.43. The molecule has 3 aromatic heterocycles. The molecule has 1 fully saturated rings. The molecule has 34 heavy (non-hydrogen) atoms. The molecule has 1 saturated heterocycles. The summed E-state index contributed by atoms with van der Waals surface area (Å²) < 4.78 is 14.7. The molecule has 8 heteroatoms. The van der Waals surface area contributed by atoms with Crippen LogP contribution in [0.4, 0.5) is 0 Å². The molecule has 2 aromatic carbocycles. The number of para-hydroxylation sites is 2. The van der Waals surface area contributed by atoms with E-state index in [1.165, 1.54) is 0 Å². The van der Waals surface area contributed by atoms with E-state index in [4.69, 9.17) is 24.4 Å². The average Bonchev–Trinajstić information content (AvgIpc) is 3.49. The number of aromatic nitrogens is 5. The lowest BCUT2D eigenvalue weighted by Crippen LogP contribution is -2.26. The SMILES string of the molecule is COc1ccc(CCn2c3nc4ccccc4nc3c3c(=O)n(C[C@@H]4CCCO4)cnc32)cc1. The maximum atomic E-state index is 13.6. The van der Waals surface area contributed by atoms with Crippen molar-refractivity contribution in [2.75, 3.05) is 13.7 Å². The van der Waals surface area contributed by atoms with Crippen molar-refractivity contribution in [3.63, 3.8) is 0 Å². The summed E-state index contributed by atoms with van der Waals surface area (Å²) in [6, 6.07) is 15.7. The van der Waals surface area contributed by atoms with Crippen LogP contribution in [-0.2, 0) is 24.2 Å². The molecular weight excluding hydrogens is 430 g/mol. The largest absolute Gasteiger partial charge is 0.497 e. The molecule has 1 aliphatic heterocycles. The second kappa shape index (κ2) is 8.53. The van der Waals surface area contributed by atoms with Gasteiger partial charge in [-0.1, -0.05) is 24.3 Å². The van der Waals surface area contributed by atoms with Crippen LogP contribution in [0.25, 0.3) is 33.2 Å². The zero-order valence-corrected chi connectivity index (χ0v) is 19.0. The molecule has 1 atom stereocenters. The summed E-state index contributed by atoms with van der Waals surface area (Å²) in [4.78, 5) is 28.1. The van der Waals surface area contributed by atoms with Crippen molar-refractivity contribution >= 4 is 33.2 Å². The molecule has 4 heterocycles. The third-order valence-electron chi connectivity index (χ3n) is 6.53. The first kappa shape index (κ1) is 20.8. The Hall–Kier alpha value is -3.78. The first-order valence-electron chi connectivity index (χ1n) is 11.6. The van der Waals surface area contributed by atoms with Crippen molar-refractivity contribution in [3.8, 4) is 5.75 Å². The van der Waals surface area contributed by atoms with Crippen molar-refractivity contribution in [1.29, 1.82) is 0 Å². The minimum atomic E-state index is -0.0988. The number of rotatable bonds is 6. The van der Waals surface area contributed by atoms with Crippen molar-refractivity contribution in [3.05, 3.63) is 70.8 Å². The lowest BCUT2D eigenvalue weighted by Gasteiger charge is -2.11. The number of methoxy groups -OCH3 is 1. The zero-order valence-electron chi connectivity index (χ0n) is 19.0. The second-order valence-corrected chi connectivity index (χ2v) is 8.67. The van der Waals surface area contributed by atoms with Crippen molar-refractivity contribution in [2.24, 2.45) is 0 Å². The van der Waals surface area contributed by atoms with E-state index in [0.717, 1.165) is 48.2 Å². The fourth-order valence-corrected chi connectivity index (χ4v) is 4.72. The van der Waals surface area contributed by atoms with Gasteiger partial charge in [0.05, 0.1) is 37.1 Å². The first-order chi connectivity index (χ1) is 16.7. The number of benzene rings is 2. The van der Waals surface area contributed by atoms with E-state index in [-0.39, 0.29) is 11.7 Å². The van der Waals surface area contributed by atoms with Crippen molar-refractivity contribution in [1.82, 2.24) is 24.1 Å². The fraction of sp³-hybridized carbons (Fsp3) is 0.308. The highest BCUT2D eigenvalue weighted by Crippen LogP contribution is 2.26. The molecule has 1 aliphatic rings. The van der Waals surface area contributed by atoms with Gasteiger partial charge >= 0.3 is 0 Å². The smallest absolute Gasteiger partial charge is 0.265 e. The zero-order chi connectivity index (χ0) is 23.1. The Morgan fingerprint density at radius 1 is 1.06 bits per heavy atom. The Balaban J connectivity index is 1.49. The lowest BCUT2D eigenvalue weighted by molar-refractivity contribution is 0.0960. The summed E-state index contributed by atoms with van der Waals surface area (Å²) in [7, 11) is 1.66. The fourth-order valence-electron chi connectivity index (χ4n) is 4.72. The van der Waals surface area contributed by atoms with Gasteiger partial charge < -0.3 is 14.0 Å². The van der Waals surface area contributed by atoms with Crippen LogP contribution >= 0.6 is 0 Å². The summed E-state index contributed by atoms with van der Waals surface area (Å²) in [5, 5.41) is 0.517. The molecule has 172 valence electrons. The highest BCUT2D eigenvalue weighted by atomic mass is 16.5. The number of hydrogen-bond acceptors (Lipinski definition) is 6. The predicted octanol–water partition coefficient (Wildman–Crippen LogP) is 3.72. The quantitative estimate of drug-likeness (QED) is 0.388. The van der Waals surface area contributed by atoms with E-state index >= 15 is 0 Å². The van der Waals surface area contributed by atoms with Crippen LogP contribution in [0.3, 0.4) is 0 Å². The summed E-state index contributed by atoms with van der Waals surface area (Å²) in [6.45, 7) is 1.88. The Morgan fingerprint density at radius 2 is 1.85 bits per heavy atom.